The van der Waals surface area contributed by atoms with Gasteiger partial charge in [-0.2, -0.15) is 0 Å². The van der Waals surface area contributed by atoms with Crippen LogP contribution in [0.15, 0.2) is 42.5 Å². The summed E-state index contributed by atoms with van der Waals surface area (Å²) in [6.45, 7) is 0. The maximum absolute atomic E-state index is 5.32. The number of methoxy groups -OCH3 is 3. The highest BCUT2D eigenvalue weighted by atomic mass is 16.9. The van der Waals surface area contributed by atoms with E-state index in [9.17, 15) is 0 Å². The first kappa shape index (κ1) is 20.9. The lowest BCUT2D eigenvalue weighted by atomic mass is 10.0. The summed E-state index contributed by atoms with van der Waals surface area (Å²) in [7, 11) is 4.88. The molecule has 2 aromatic rings. The molecule has 0 atom stereocenters. The van der Waals surface area contributed by atoms with Gasteiger partial charge < -0.3 is 14.2 Å². The second kappa shape index (κ2) is 11.3. The summed E-state index contributed by atoms with van der Waals surface area (Å²) < 4.78 is 16.0. The Morgan fingerprint density at radius 3 is 1.88 bits per heavy atom. The molecule has 0 N–H and O–H groups in total. The third-order valence-corrected chi connectivity index (χ3v) is 5.20. The molecular formula is C23H34O3. The first-order valence-electron chi connectivity index (χ1n) is 9.86. The van der Waals surface area contributed by atoms with Crippen molar-refractivity contribution in [3.05, 3.63) is 48.0 Å². The minimum atomic E-state index is -0.861. The second-order valence-corrected chi connectivity index (χ2v) is 6.95. The zero-order valence-corrected chi connectivity index (χ0v) is 16.6. The van der Waals surface area contributed by atoms with Gasteiger partial charge in [-0.3, -0.25) is 0 Å². The Morgan fingerprint density at radius 2 is 1.23 bits per heavy atom. The summed E-state index contributed by atoms with van der Waals surface area (Å²) in [5.74, 6) is -0.861. The number of hydrogen-bond donors (Lipinski definition) is 0. The highest BCUT2D eigenvalue weighted by Gasteiger charge is 2.28. The standard InChI is InChI=1S/C23H34O3/c1-24-23(25-2,26-3)18-12-8-6-4-5-7-9-13-20-16-17-21-14-10-11-15-22(21)19-20/h10-11,14-17,19H,4-9,12-13,18H2,1-3H3. The van der Waals surface area contributed by atoms with Crippen LogP contribution in [-0.4, -0.2) is 27.3 Å². The molecule has 3 heteroatoms. The summed E-state index contributed by atoms with van der Waals surface area (Å²) in [4.78, 5) is 0. The fourth-order valence-electron chi connectivity index (χ4n) is 3.50. The summed E-state index contributed by atoms with van der Waals surface area (Å²) in [6.07, 6.45) is 10.7. The van der Waals surface area contributed by atoms with Gasteiger partial charge in [0.1, 0.15) is 0 Å². The lowest BCUT2D eigenvalue weighted by molar-refractivity contribution is -0.355. The molecule has 26 heavy (non-hydrogen) atoms. The summed E-state index contributed by atoms with van der Waals surface area (Å²) in [5, 5.41) is 2.68. The molecule has 0 amide bonds. The van der Waals surface area contributed by atoms with E-state index in [4.69, 9.17) is 14.2 Å². The first-order chi connectivity index (χ1) is 12.7. The molecule has 0 spiro atoms. The largest absolute Gasteiger partial charge is 0.331 e. The number of rotatable bonds is 13. The monoisotopic (exact) mass is 358 g/mol. The van der Waals surface area contributed by atoms with E-state index in [2.05, 4.69) is 42.5 Å². The highest BCUT2D eigenvalue weighted by Crippen LogP contribution is 2.22. The number of aryl methyl sites for hydroxylation is 1. The van der Waals surface area contributed by atoms with E-state index in [1.54, 1.807) is 21.3 Å². The molecule has 0 saturated heterocycles. The predicted octanol–water partition coefficient (Wildman–Crippen LogP) is 6.10. The van der Waals surface area contributed by atoms with Gasteiger partial charge in [0.05, 0.1) is 0 Å². The molecule has 0 fully saturated rings. The molecule has 0 aromatic heterocycles. The molecule has 0 aliphatic heterocycles. The van der Waals surface area contributed by atoms with Crippen LogP contribution in [0.2, 0.25) is 0 Å². The van der Waals surface area contributed by atoms with Gasteiger partial charge in [0.2, 0.25) is 0 Å². The summed E-state index contributed by atoms with van der Waals surface area (Å²) in [5.41, 5.74) is 1.46. The lowest BCUT2D eigenvalue weighted by Gasteiger charge is -2.28. The molecular weight excluding hydrogens is 324 g/mol. The van der Waals surface area contributed by atoms with E-state index < -0.39 is 5.97 Å². The number of benzene rings is 2. The summed E-state index contributed by atoms with van der Waals surface area (Å²) in [6, 6.07) is 15.4. The van der Waals surface area contributed by atoms with E-state index in [1.165, 1.54) is 61.3 Å². The van der Waals surface area contributed by atoms with Crippen molar-refractivity contribution in [2.24, 2.45) is 0 Å². The van der Waals surface area contributed by atoms with Gasteiger partial charge in [0.15, 0.2) is 0 Å². The van der Waals surface area contributed by atoms with Crippen molar-refractivity contribution < 1.29 is 14.2 Å². The van der Waals surface area contributed by atoms with Gasteiger partial charge >= 0.3 is 0 Å². The molecule has 2 rings (SSSR count). The topological polar surface area (TPSA) is 27.7 Å². The van der Waals surface area contributed by atoms with Crippen molar-refractivity contribution in [1.82, 2.24) is 0 Å². The van der Waals surface area contributed by atoms with Crippen LogP contribution in [-0.2, 0) is 20.6 Å². The van der Waals surface area contributed by atoms with Crippen LogP contribution in [0.25, 0.3) is 10.8 Å². The molecule has 0 aliphatic carbocycles. The van der Waals surface area contributed by atoms with Gasteiger partial charge in [-0.05, 0) is 35.6 Å². The van der Waals surface area contributed by atoms with Crippen molar-refractivity contribution >= 4 is 10.8 Å². The van der Waals surface area contributed by atoms with Crippen LogP contribution in [0.4, 0.5) is 0 Å². The van der Waals surface area contributed by atoms with E-state index >= 15 is 0 Å². The Hall–Kier alpha value is -1.42. The molecule has 144 valence electrons. The van der Waals surface area contributed by atoms with Gasteiger partial charge in [-0.1, -0.05) is 74.6 Å². The van der Waals surface area contributed by atoms with Crippen molar-refractivity contribution in [2.75, 3.05) is 21.3 Å². The number of unbranched alkanes of at least 4 members (excludes halogenated alkanes) is 6. The van der Waals surface area contributed by atoms with Crippen LogP contribution in [0, 0.1) is 0 Å². The van der Waals surface area contributed by atoms with Crippen LogP contribution in [0.1, 0.15) is 56.9 Å². The minimum Gasteiger partial charge on any atom is -0.331 e. The zero-order chi connectivity index (χ0) is 18.7. The Bertz CT molecular complexity index is 626. The quantitative estimate of drug-likeness (QED) is 0.320. The number of hydrogen-bond acceptors (Lipinski definition) is 3. The smallest absolute Gasteiger partial charge is 0.282 e. The van der Waals surface area contributed by atoms with Gasteiger partial charge in [-0.15, -0.1) is 0 Å². The molecule has 0 heterocycles. The second-order valence-electron chi connectivity index (χ2n) is 6.95. The highest BCUT2D eigenvalue weighted by molar-refractivity contribution is 5.82. The average molecular weight is 359 g/mol. The number of fused-ring (bicyclic) bond motifs is 1. The molecule has 2 aromatic carbocycles. The molecule has 0 radical (unpaired) electrons. The van der Waals surface area contributed by atoms with E-state index in [0.717, 1.165) is 12.8 Å². The number of ether oxygens (including phenoxy) is 3. The molecule has 0 bridgehead atoms. The van der Waals surface area contributed by atoms with Crippen molar-refractivity contribution in [3.63, 3.8) is 0 Å². The predicted molar refractivity (Wildman–Crippen MR) is 108 cm³/mol. The fraction of sp³-hybridized carbons (Fsp3) is 0.565. The third-order valence-electron chi connectivity index (χ3n) is 5.20. The lowest BCUT2D eigenvalue weighted by Crippen LogP contribution is -2.35. The van der Waals surface area contributed by atoms with Crippen molar-refractivity contribution in [2.45, 2.75) is 63.8 Å². The van der Waals surface area contributed by atoms with Crippen LogP contribution in [0.3, 0.4) is 0 Å². The first-order valence-corrected chi connectivity index (χ1v) is 9.86. The van der Waals surface area contributed by atoms with Crippen LogP contribution < -0.4 is 0 Å². The normalized spacial score (nSPS) is 12.0. The maximum atomic E-state index is 5.32. The van der Waals surface area contributed by atoms with Gasteiger partial charge in [-0.25, -0.2) is 0 Å². The van der Waals surface area contributed by atoms with Crippen LogP contribution in [0.5, 0.6) is 0 Å². The SMILES string of the molecule is COC(CCCCCCCCCc1ccc2ccccc2c1)(OC)OC. The minimum absolute atomic E-state index is 0.776. The van der Waals surface area contributed by atoms with Gasteiger partial charge in [0, 0.05) is 27.8 Å². The van der Waals surface area contributed by atoms with Crippen LogP contribution >= 0.6 is 0 Å². The van der Waals surface area contributed by atoms with Gasteiger partial charge in [0.25, 0.3) is 5.97 Å². The Balaban J connectivity index is 1.54. The third kappa shape index (κ3) is 6.39. The van der Waals surface area contributed by atoms with E-state index in [0.29, 0.717) is 0 Å². The zero-order valence-electron chi connectivity index (χ0n) is 16.6. The Labute approximate surface area is 158 Å². The van der Waals surface area contributed by atoms with Crippen molar-refractivity contribution in [3.8, 4) is 0 Å². The molecule has 0 saturated carbocycles. The molecule has 0 aliphatic rings. The maximum Gasteiger partial charge on any atom is 0.282 e. The van der Waals surface area contributed by atoms with E-state index in [1.807, 2.05) is 0 Å². The summed E-state index contributed by atoms with van der Waals surface area (Å²) >= 11 is 0. The average Bonchev–Trinajstić information content (AvgIpc) is 2.70. The fourth-order valence-corrected chi connectivity index (χ4v) is 3.50. The van der Waals surface area contributed by atoms with Crippen molar-refractivity contribution in [1.29, 1.82) is 0 Å². The molecule has 0 unspecified atom stereocenters. The Morgan fingerprint density at radius 1 is 0.654 bits per heavy atom. The molecule has 3 nitrogen and oxygen atoms in total. The van der Waals surface area contributed by atoms with E-state index in [-0.39, 0.29) is 0 Å². The Kier molecular flexibility index (Phi) is 9.10.